The molecule has 23 heavy (non-hydrogen) atoms. The summed E-state index contributed by atoms with van der Waals surface area (Å²) in [5.74, 6) is -0.367. The van der Waals surface area contributed by atoms with E-state index < -0.39 is 5.54 Å². The number of halogens is 1. The van der Waals surface area contributed by atoms with Crippen molar-refractivity contribution in [3.05, 3.63) is 47.9 Å². The molecule has 0 saturated heterocycles. The molecule has 6 nitrogen and oxygen atoms in total. The zero-order valence-corrected chi connectivity index (χ0v) is 14.0. The highest BCUT2D eigenvalue weighted by atomic mass is 35.5. The Kier molecular flexibility index (Phi) is 5.95. The van der Waals surface area contributed by atoms with Gasteiger partial charge in [-0.2, -0.15) is 0 Å². The molecular weight excluding hydrogens is 318 g/mol. The third kappa shape index (κ3) is 4.84. The summed E-state index contributed by atoms with van der Waals surface area (Å²) >= 11 is 0. The summed E-state index contributed by atoms with van der Waals surface area (Å²) in [4.78, 5) is 23.8. The monoisotopic (exact) mass is 337 g/mol. The lowest BCUT2D eigenvalue weighted by molar-refractivity contribution is -0.120. The lowest BCUT2D eigenvalue weighted by Gasteiger charge is -2.18. The van der Waals surface area contributed by atoms with Crippen molar-refractivity contribution in [2.75, 3.05) is 10.6 Å². The van der Waals surface area contributed by atoms with Crippen LogP contribution >= 0.6 is 12.4 Å². The van der Waals surface area contributed by atoms with Gasteiger partial charge >= 0.3 is 0 Å². The second-order valence-electron chi connectivity index (χ2n) is 5.64. The van der Waals surface area contributed by atoms with Crippen molar-refractivity contribution in [3.63, 3.8) is 0 Å². The van der Waals surface area contributed by atoms with Crippen LogP contribution in [0.4, 0.5) is 11.4 Å². The molecule has 0 spiro atoms. The summed E-state index contributed by atoms with van der Waals surface area (Å²) in [6.07, 6.45) is 1.44. The zero-order chi connectivity index (χ0) is 16.3. The van der Waals surface area contributed by atoms with E-state index in [1.54, 1.807) is 44.2 Å². The average Bonchev–Trinajstić information content (AvgIpc) is 2.94. The normalized spacial score (nSPS) is 10.6. The number of aryl methyl sites for hydroxylation is 1. The average molecular weight is 338 g/mol. The Bertz CT molecular complexity index is 691. The SMILES string of the molecule is Cc1cc(NC(=O)C(C)(C)N)ccc1NC(=O)c1ccco1.Cl. The fourth-order valence-electron chi connectivity index (χ4n) is 1.77. The molecule has 1 aromatic heterocycles. The van der Waals surface area contributed by atoms with Gasteiger partial charge in [-0.15, -0.1) is 12.4 Å². The predicted octanol–water partition coefficient (Wildman–Crippen LogP) is 2.94. The summed E-state index contributed by atoms with van der Waals surface area (Å²) in [7, 11) is 0. The number of carbonyl (C=O) groups is 2. The van der Waals surface area contributed by atoms with E-state index in [0.29, 0.717) is 11.4 Å². The molecule has 0 aliphatic rings. The molecule has 0 aliphatic carbocycles. The van der Waals surface area contributed by atoms with Crippen LogP contribution in [0.3, 0.4) is 0 Å². The van der Waals surface area contributed by atoms with Crippen LogP contribution in [0.25, 0.3) is 0 Å². The van der Waals surface area contributed by atoms with E-state index in [-0.39, 0.29) is 30.0 Å². The molecule has 1 heterocycles. The Labute approximate surface area is 140 Å². The van der Waals surface area contributed by atoms with Crippen molar-refractivity contribution < 1.29 is 14.0 Å². The van der Waals surface area contributed by atoms with Crippen molar-refractivity contribution in [2.24, 2.45) is 5.73 Å². The molecule has 0 unspecified atom stereocenters. The lowest BCUT2D eigenvalue weighted by atomic mass is 10.1. The van der Waals surface area contributed by atoms with E-state index >= 15 is 0 Å². The minimum atomic E-state index is -0.958. The van der Waals surface area contributed by atoms with Crippen LogP contribution in [0.15, 0.2) is 41.0 Å². The first-order valence-electron chi connectivity index (χ1n) is 6.83. The van der Waals surface area contributed by atoms with Gasteiger partial charge in [-0.25, -0.2) is 0 Å². The number of furan rings is 1. The topological polar surface area (TPSA) is 97.4 Å². The van der Waals surface area contributed by atoms with Gasteiger partial charge in [-0.05, 0) is 56.7 Å². The van der Waals surface area contributed by atoms with Crippen LogP contribution < -0.4 is 16.4 Å². The summed E-state index contributed by atoms with van der Waals surface area (Å²) in [5.41, 5.74) is 6.86. The molecule has 1 aromatic carbocycles. The fraction of sp³-hybridized carbons (Fsp3) is 0.250. The maximum absolute atomic E-state index is 11.9. The number of benzene rings is 1. The summed E-state index contributed by atoms with van der Waals surface area (Å²) < 4.78 is 5.04. The van der Waals surface area contributed by atoms with Gasteiger partial charge in [0.25, 0.3) is 5.91 Å². The highest BCUT2D eigenvalue weighted by Gasteiger charge is 2.22. The van der Waals surface area contributed by atoms with Crippen LogP contribution in [0.1, 0.15) is 30.0 Å². The predicted molar refractivity (Wildman–Crippen MR) is 92.0 cm³/mol. The standard InChI is InChI=1S/C16H19N3O3.ClH/c1-10-9-11(18-15(21)16(2,3)17)6-7-12(10)19-14(20)13-5-4-8-22-13;/h4-9H,17H2,1-3H3,(H,18,21)(H,19,20);1H. The molecule has 2 aromatic rings. The first kappa shape index (κ1) is 18.7. The van der Waals surface area contributed by atoms with E-state index in [2.05, 4.69) is 10.6 Å². The Morgan fingerprint density at radius 1 is 1.17 bits per heavy atom. The number of nitrogens with two attached hydrogens (primary N) is 1. The molecule has 0 saturated carbocycles. The highest BCUT2D eigenvalue weighted by Crippen LogP contribution is 2.21. The third-order valence-electron chi connectivity index (χ3n) is 3.06. The van der Waals surface area contributed by atoms with E-state index in [1.165, 1.54) is 6.26 Å². The van der Waals surface area contributed by atoms with Crippen LogP contribution in [0.5, 0.6) is 0 Å². The van der Waals surface area contributed by atoms with Gasteiger partial charge in [0.15, 0.2) is 5.76 Å². The van der Waals surface area contributed by atoms with Crippen molar-refractivity contribution >= 4 is 35.6 Å². The van der Waals surface area contributed by atoms with Gasteiger partial charge < -0.3 is 20.8 Å². The molecule has 124 valence electrons. The summed E-state index contributed by atoms with van der Waals surface area (Å²) in [6.45, 7) is 5.10. The number of hydrogen-bond acceptors (Lipinski definition) is 4. The largest absolute Gasteiger partial charge is 0.459 e. The molecule has 0 radical (unpaired) electrons. The Morgan fingerprint density at radius 3 is 2.39 bits per heavy atom. The van der Waals surface area contributed by atoms with Crippen LogP contribution in [-0.4, -0.2) is 17.4 Å². The van der Waals surface area contributed by atoms with Crippen molar-refractivity contribution in [2.45, 2.75) is 26.3 Å². The van der Waals surface area contributed by atoms with Gasteiger partial charge in [-0.1, -0.05) is 0 Å². The fourth-order valence-corrected chi connectivity index (χ4v) is 1.77. The molecule has 7 heteroatoms. The maximum atomic E-state index is 11.9. The van der Waals surface area contributed by atoms with Gasteiger partial charge in [0, 0.05) is 11.4 Å². The quantitative estimate of drug-likeness (QED) is 0.799. The first-order chi connectivity index (χ1) is 10.3. The van der Waals surface area contributed by atoms with E-state index in [1.807, 2.05) is 6.92 Å². The van der Waals surface area contributed by atoms with Crippen molar-refractivity contribution in [1.82, 2.24) is 0 Å². The van der Waals surface area contributed by atoms with E-state index in [0.717, 1.165) is 5.56 Å². The van der Waals surface area contributed by atoms with Crippen LogP contribution in [0, 0.1) is 6.92 Å². The lowest BCUT2D eigenvalue weighted by Crippen LogP contribution is -2.45. The number of amides is 2. The molecular formula is C16H20ClN3O3. The number of carbonyl (C=O) groups excluding carboxylic acids is 2. The molecule has 2 rings (SSSR count). The van der Waals surface area contributed by atoms with E-state index in [9.17, 15) is 9.59 Å². The molecule has 2 amide bonds. The van der Waals surface area contributed by atoms with Crippen molar-refractivity contribution in [3.8, 4) is 0 Å². The zero-order valence-electron chi connectivity index (χ0n) is 13.2. The molecule has 0 bridgehead atoms. The van der Waals surface area contributed by atoms with Gasteiger partial charge in [-0.3, -0.25) is 9.59 Å². The third-order valence-corrected chi connectivity index (χ3v) is 3.06. The summed E-state index contributed by atoms with van der Waals surface area (Å²) in [6, 6.07) is 8.42. The number of nitrogens with one attached hydrogen (secondary N) is 2. The highest BCUT2D eigenvalue weighted by molar-refractivity contribution is 6.03. The number of anilines is 2. The van der Waals surface area contributed by atoms with Gasteiger partial charge in [0.05, 0.1) is 11.8 Å². The van der Waals surface area contributed by atoms with Crippen LogP contribution in [0.2, 0.25) is 0 Å². The molecule has 4 N–H and O–H groups in total. The minimum absolute atomic E-state index is 0. The first-order valence-corrected chi connectivity index (χ1v) is 6.83. The Morgan fingerprint density at radius 2 is 1.87 bits per heavy atom. The smallest absolute Gasteiger partial charge is 0.291 e. The second kappa shape index (κ2) is 7.30. The molecule has 0 aliphatic heterocycles. The number of rotatable bonds is 4. The Hall–Kier alpha value is -2.31. The van der Waals surface area contributed by atoms with Gasteiger partial charge in [0.1, 0.15) is 0 Å². The van der Waals surface area contributed by atoms with Crippen LogP contribution in [-0.2, 0) is 4.79 Å². The van der Waals surface area contributed by atoms with Crippen molar-refractivity contribution in [1.29, 1.82) is 0 Å². The molecule has 0 atom stereocenters. The Balaban J connectivity index is 0.00000264. The van der Waals surface area contributed by atoms with Gasteiger partial charge in [0.2, 0.25) is 5.91 Å². The number of hydrogen-bond donors (Lipinski definition) is 3. The molecule has 0 fully saturated rings. The minimum Gasteiger partial charge on any atom is -0.459 e. The summed E-state index contributed by atoms with van der Waals surface area (Å²) in [5, 5.41) is 5.49. The maximum Gasteiger partial charge on any atom is 0.291 e. The van der Waals surface area contributed by atoms with E-state index in [4.69, 9.17) is 10.2 Å². The second-order valence-corrected chi connectivity index (χ2v) is 5.64.